The van der Waals surface area contributed by atoms with E-state index in [9.17, 15) is 0 Å². The monoisotopic (exact) mass is 270 g/mol. The van der Waals surface area contributed by atoms with Gasteiger partial charge in [0.05, 0.1) is 0 Å². The molecule has 20 heavy (non-hydrogen) atoms. The van der Waals surface area contributed by atoms with Crippen molar-refractivity contribution in [3.8, 4) is 0 Å². The van der Waals surface area contributed by atoms with Gasteiger partial charge in [-0.2, -0.15) is 0 Å². The number of rotatable bonds is 3. The minimum Gasteiger partial charge on any atom is -0.265 e. The summed E-state index contributed by atoms with van der Waals surface area (Å²) in [6, 6.07) is 10.2. The quantitative estimate of drug-likeness (QED) is 0.800. The summed E-state index contributed by atoms with van der Waals surface area (Å²) in [7, 11) is 0. The van der Waals surface area contributed by atoms with Crippen molar-refractivity contribution in [2.75, 3.05) is 0 Å². The highest BCUT2D eigenvalue weighted by atomic mass is 14.7. The second-order valence-corrected chi connectivity index (χ2v) is 5.91. The van der Waals surface area contributed by atoms with Crippen molar-refractivity contribution in [2.24, 2.45) is 0 Å². The van der Waals surface area contributed by atoms with E-state index in [1.807, 2.05) is 30.7 Å². The lowest BCUT2D eigenvalue weighted by molar-refractivity contribution is 0.589. The number of hydrogen-bond acceptors (Lipinski definition) is 2. The Labute approximate surface area is 123 Å². The smallest absolute Gasteiger partial charge is 0.0403 e. The fourth-order valence-corrected chi connectivity index (χ4v) is 1.76. The van der Waals surface area contributed by atoms with Crippen molar-refractivity contribution in [3.63, 3.8) is 0 Å². The molecule has 0 saturated carbocycles. The van der Waals surface area contributed by atoms with Crippen LogP contribution in [0.4, 0.5) is 0 Å². The molecule has 2 aromatic heterocycles. The minimum absolute atomic E-state index is 0.253. The molecule has 0 aliphatic carbocycles. The van der Waals surface area contributed by atoms with E-state index in [0.717, 1.165) is 6.42 Å². The van der Waals surface area contributed by atoms with E-state index in [2.05, 4.69) is 55.9 Å². The van der Waals surface area contributed by atoms with Gasteiger partial charge in [-0.1, -0.05) is 40.2 Å². The SMILES string of the molecule is CC(C)(C)c1ccncc1.CCCCc1ccccn1. The first-order valence-corrected chi connectivity index (χ1v) is 7.34. The first-order valence-electron chi connectivity index (χ1n) is 7.34. The van der Waals surface area contributed by atoms with Gasteiger partial charge in [0, 0.05) is 24.3 Å². The van der Waals surface area contributed by atoms with Crippen molar-refractivity contribution >= 4 is 0 Å². The average Bonchev–Trinajstić information content (AvgIpc) is 2.47. The van der Waals surface area contributed by atoms with Crippen LogP contribution < -0.4 is 0 Å². The third-order valence-electron chi connectivity index (χ3n) is 3.06. The van der Waals surface area contributed by atoms with Crippen molar-refractivity contribution in [1.29, 1.82) is 0 Å². The number of nitrogens with zero attached hydrogens (tertiary/aromatic N) is 2. The van der Waals surface area contributed by atoms with Crippen molar-refractivity contribution in [3.05, 3.63) is 60.2 Å². The van der Waals surface area contributed by atoms with E-state index < -0.39 is 0 Å². The summed E-state index contributed by atoms with van der Waals surface area (Å²) >= 11 is 0. The van der Waals surface area contributed by atoms with E-state index in [1.165, 1.54) is 24.1 Å². The normalized spacial score (nSPS) is 10.6. The minimum atomic E-state index is 0.253. The molecule has 0 spiro atoms. The van der Waals surface area contributed by atoms with E-state index in [-0.39, 0.29) is 5.41 Å². The predicted octanol–water partition coefficient (Wildman–Crippen LogP) is 4.80. The molecule has 0 atom stereocenters. The number of aromatic nitrogens is 2. The second kappa shape index (κ2) is 8.47. The zero-order valence-electron chi connectivity index (χ0n) is 13.1. The van der Waals surface area contributed by atoms with E-state index in [4.69, 9.17) is 0 Å². The van der Waals surface area contributed by atoms with Gasteiger partial charge in [0.2, 0.25) is 0 Å². The molecule has 0 aliphatic heterocycles. The lowest BCUT2D eigenvalue weighted by Crippen LogP contribution is -2.10. The predicted molar refractivity (Wildman–Crippen MR) is 85.8 cm³/mol. The Morgan fingerprint density at radius 1 is 0.950 bits per heavy atom. The maximum Gasteiger partial charge on any atom is 0.0403 e. The zero-order chi connectivity index (χ0) is 14.8. The molecule has 2 heterocycles. The van der Waals surface area contributed by atoms with Gasteiger partial charge in [0.15, 0.2) is 0 Å². The summed E-state index contributed by atoms with van der Waals surface area (Å²) in [6.07, 6.45) is 9.14. The van der Waals surface area contributed by atoms with Crippen molar-refractivity contribution < 1.29 is 0 Å². The van der Waals surface area contributed by atoms with Gasteiger partial charge in [-0.05, 0) is 48.1 Å². The topological polar surface area (TPSA) is 25.8 Å². The van der Waals surface area contributed by atoms with Crippen LogP contribution in [0.25, 0.3) is 0 Å². The maximum absolute atomic E-state index is 4.22. The molecule has 0 aliphatic rings. The first kappa shape index (κ1) is 16.4. The van der Waals surface area contributed by atoms with Crippen LogP contribution >= 0.6 is 0 Å². The fraction of sp³-hybridized carbons (Fsp3) is 0.444. The number of unbranched alkanes of at least 4 members (excludes halogenated alkanes) is 1. The van der Waals surface area contributed by atoms with Crippen LogP contribution in [0.5, 0.6) is 0 Å². The summed E-state index contributed by atoms with van der Waals surface area (Å²) < 4.78 is 0. The van der Waals surface area contributed by atoms with Gasteiger partial charge in [0.1, 0.15) is 0 Å². The number of hydrogen-bond donors (Lipinski definition) is 0. The highest BCUT2D eigenvalue weighted by Gasteiger charge is 2.11. The zero-order valence-corrected chi connectivity index (χ0v) is 13.1. The first-order chi connectivity index (χ1) is 9.54. The lowest BCUT2D eigenvalue weighted by Gasteiger charge is -2.17. The fourth-order valence-electron chi connectivity index (χ4n) is 1.76. The lowest BCUT2D eigenvalue weighted by atomic mass is 9.88. The summed E-state index contributed by atoms with van der Waals surface area (Å²) in [5.41, 5.74) is 2.80. The standard InChI is InChI=1S/2C9H13N/c1-9(2,3)8-4-6-10-7-5-8;1-2-3-6-9-7-4-5-8-10-9/h4-7H,1-3H3;4-5,7-8H,2-3,6H2,1H3. The van der Waals surface area contributed by atoms with Gasteiger partial charge >= 0.3 is 0 Å². The molecule has 0 saturated heterocycles. The highest BCUT2D eigenvalue weighted by molar-refractivity contribution is 5.18. The van der Waals surface area contributed by atoms with Crippen LogP contribution in [0.2, 0.25) is 0 Å². The summed E-state index contributed by atoms with van der Waals surface area (Å²) in [5.74, 6) is 0. The van der Waals surface area contributed by atoms with Gasteiger partial charge in [0.25, 0.3) is 0 Å². The second-order valence-electron chi connectivity index (χ2n) is 5.91. The molecule has 0 unspecified atom stereocenters. The van der Waals surface area contributed by atoms with Crippen LogP contribution in [-0.4, -0.2) is 9.97 Å². The molecule has 2 rings (SSSR count). The van der Waals surface area contributed by atoms with Gasteiger partial charge in [-0.3, -0.25) is 9.97 Å². The van der Waals surface area contributed by atoms with Crippen LogP contribution in [0.3, 0.4) is 0 Å². The largest absolute Gasteiger partial charge is 0.265 e. The molecular formula is C18H26N2. The Kier molecular flexibility index (Phi) is 6.92. The van der Waals surface area contributed by atoms with Crippen molar-refractivity contribution in [1.82, 2.24) is 9.97 Å². The Balaban J connectivity index is 0.000000200. The molecule has 2 nitrogen and oxygen atoms in total. The van der Waals surface area contributed by atoms with Crippen molar-refractivity contribution in [2.45, 2.75) is 52.4 Å². The highest BCUT2D eigenvalue weighted by Crippen LogP contribution is 2.20. The molecule has 0 aromatic carbocycles. The van der Waals surface area contributed by atoms with Gasteiger partial charge < -0.3 is 0 Å². The molecular weight excluding hydrogens is 244 g/mol. The van der Waals surface area contributed by atoms with Crippen LogP contribution in [0.15, 0.2) is 48.9 Å². The molecule has 0 N–H and O–H groups in total. The summed E-state index contributed by atoms with van der Waals surface area (Å²) in [4.78, 5) is 8.18. The average molecular weight is 270 g/mol. The third kappa shape index (κ3) is 6.46. The van der Waals surface area contributed by atoms with Gasteiger partial charge in [-0.25, -0.2) is 0 Å². The molecule has 2 aromatic rings. The van der Waals surface area contributed by atoms with Crippen LogP contribution in [-0.2, 0) is 11.8 Å². The molecule has 108 valence electrons. The maximum atomic E-state index is 4.22. The molecule has 0 fully saturated rings. The number of aryl methyl sites for hydroxylation is 1. The third-order valence-corrected chi connectivity index (χ3v) is 3.06. The molecule has 0 bridgehead atoms. The Morgan fingerprint density at radius 2 is 1.65 bits per heavy atom. The van der Waals surface area contributed by atoms with Crippen LogP contribution in [0, 0.1) is 0 Å². The Bertz CT molecular complexity index is 458. The number of pyridine rings is 2. The van der Waals surface area contributed by atoms with Gasteiger partial charge in [-0.15, -0.1) is 0 Å². The molecule has 2 heteroatoms. The molecule has 0 amide bonds. The molecule has 0 radical (unpaired) electrons. The Morgan fingerprint density at radius 3 is 2.10 bits per heavy atom. The summed E-state index contributed by atoms with van der Waals surface area (Å²) in [6.45, 7) is 8.79. The van der Waals surface area contributed by atoms with E-state index in [0.29, 0.717) is 0 Å². The Hall–Kier alpha value is -1.70. The van der Waals surface area contributed by atoms with Crippen LogP contribution in [0.1, 0.15) is 51.8 Å². The van der Waals surface area contributed by atoms with E-state index >= 15 is 0 Å². The summed E-state index contributed by atoms with van der Waals surface area (Å²) in [5, 5.41) is 0. The van der Waals surface area contributed by atoms with E-state index in [1.54, 1.807) is 0 Å².